The molecule has 10 heteroatoms. The molecule has 1 amide bonds. The van der Waals surface area contributed by atoms with Gasteiger partial charge < -0.3 is 0 Å². The second-order valence-corrected chi connectivity index (χ2v) is 10.2. The lowest BCUT2D eigenvalue weighted by atomic mass is 10.2. The van der Waals surface area contributed by atoms with Gasteiger partial charge in [0.2, 0.25) is 10.0 Å². The van der Waals surface area contributed by atoms with Crippen molar-refractivity contribution in [1.29, 1.82) is 0 Å². The van der Waals surface area contributed by atoms with Gasteiger partial charge in [-0.15, -0.1) is 22.7 Å². The first-order valence-electron chi connectivity index (χ1n) is 8.48. The number of amides is 1. The van der Waals surface area contributed by atoms with Crippen LogP contribution in [0.25, 0.3) is 10.6 Å². The van der Waals surface area contributed by atoms with E-state index in [9.17, 15) is 13.2 Å². The molecule has 0 aliphatic rings. The monoisotopic (exact) mass is 455 g/mol. The first kappa shape index (κ1) is 20.9. The van der Waals surface area contributed by atoms with E-state index in [1.807, 2.05) is 11.4 Å². The molecule has 0 spiro atoms. The number of anilines is 1. The minimum absolute atomic E-state index is 0.166. The molecule has 1 N–H and O–H groups in total. The van der Waals surface area contributed by atoms with Gasteiger partial charge in [0, 0.05) is 24.0 Å². The van der Waals surface area contributed by atoms with Crippen LogP contribution in [0.4, 0.5) is 5.13 Å². The number of hydrogen-bond acceptors (Lipinski definition) is 6. The summed E-state index contributed by atoms with van der Waals surface area (Å²) < 4.78 is 27.1. The van der Waals surface area contributed by atoms with Crippen molar-refractivity contribution in [2.24, 2.45) is 0 Å². The maximum absolute atomic E-state index is 12.5. The summed E-state index contributed by atoms with van der Waals surface area (Å²) in [5, 5.41) is 5.05. The van der Waals surface area contributed by atoms with Gasteiger partial charge in [-0.1, -0.05) is 25.4 Å². The second kappa shape index (κ2) is 8.71. The van der Waals surface area contributed by atoms with Crippen molar-refractivity contribution in [2.45, 2.75) is 18.7 Å². The fourth-order valence-electron chi connectivity index (χ4n) is 2.56. The van der Waals surface area contributed by atoms with Crippen LogP contribution in [0.3, 0.4) is 0 Å². The molecule has 2 aromatic heterocycles. The fourth-order valence-corrected chi connectivity index (χ4v) is 5.80. The minimum Gasteiger partial charge on any atom is -0.298 e. The average Bonchev–Trinajstić information content (AvgIpc) is 3.31. The summed E-state index contributed by atoms with van der Waals surface area (Å²) in [7, 11) is -3.55. The number of thiazole rings is 1. The molecular formula is C18H18ClN3O3S3. The predicted molar refractivity (Wildman–Crippen MR) is 115 cm³/mol. The maximum Gasteiger partial charge on any atom is 0.257 e. The highest BCUT2D eigenvalue weighted by Crippen LogP contribution is 2.33. The molecule has 148 valence electrons. The SMILES string of the molecule is CCN(CC)S(=O)(=O)c1ccc(C(=O)Nc2nc(-c3ccc(Cl)s3)cs2)cc1. The maximum atomic E-state index is 12.5. The largest absolute Gasteiger partial charge is 0.298 e. The van der Waals surface area contributed by atoms with E-state index in [0.717, 1.165) is 10.6 Å². The Morgan fingerprint density at radius 1 is 1.14 bits per heavy atom. The molecule has 0 saturated heterocycles. The predicted octanol–water partition coefficient (Wildman–Crippen LogP) is 4.81. The molecule has 28 heavy (non-hydrogen) atoms. The van der Waals surface area contributed by atoms with Gasteiger partial charge in [-0.25, -0.2) is 13.4 Å². The highest BCUT2D eigenvalue weighted by Gasteiger charge is 2.21. The normalized spacial score (nSPS) is 11.7. The van der Waals surface area contributed by atoms with E-state index >= 15 is 0 Å². The number of benzene rings is 1. The molecule has 3 aromatic rings. The van der Waals surface area contributed by atoms with Gasteiger partial charge in [0.1, 0.15) is 0 Å². The van der Waals surface area contributed by atoms with E-state index in [0.29, 0.717) is 28.1 Å². The number of halogens is 1. The van der Waals surface area contributed by atoms with Crippen molar-refractivity contribution in [2.75, 3.05) is 18.4 Å². The lowest BCUT2D eigenvalue weighted by Gasteiger charge is -2.18. The van der Waals surface area contributed by atoms with Gasteiger partial charge in [-0.3, -0.25) is 10.1 Å². The topological polar surface area (TPSA) is 79.4 Å². The molecule has 0 aliphatic heterocycles. The molecule has 3 rings (SSSR count). The van der Waals surface area contributed by atoms with Crippen molar-refractivity contribution in [3.05, 3.63) is 51.7 Å². The van der Waals surface area contributed by atoms with E-state index < -0.39 is 10.0 Å². The van der Waals surface area contributed by atoms with Gasteiger partial charge in [0.05, 0.1) is 19.8 Å². The molecule has 0 unspecified atom stereocenters. The zero-order valence-corrected chi connectivity index (χ0v) is 18.4. The van der Waals surface area contributed by atoms with Crippen molar-refractivity contribution in [3.8, 4) is 10.6 Å². The average molecular weight is 456 g/mol. The summed E-state index contributed by atoms with van der Waals surface area (Å²) >= 11 is 8.67. The van der Waals surface area contributed by atoms with Crippen LogP contribution in [-0.4, -0.2) is 36.7 Å². The van der Waals surface area contributed by atoms with E-state index in [2.05, 4.69) is 10.3 Å². The quantitative estimate of drug-likeness (QED) is 0.554. The second-order valence-electron chi connectivity index (χ2n) is 5.71. The summed E-state index contributed by atoms with van der Waals surface area (Å²) in [6.45, 7) is 4.36. The zero-order chi connectivity index (χ0) is 20.3. The van der Waals surface area contributed by atoms with Crippen LogP contribution < -0.4 is 5.32 Å². The standard InChI is InChI=1S/C18H18ClN3O3S3/c1-3-22(4-2)28(24,25)13-7-5-12(6-8-13)17(23)21-18-20-14(11-26-18)15-9-10-16(19)27-15/h5-11H,3-4H2,1-2H3,(H,20,21,23). The van der Waals surface area contributed by atoms with Crippen molar-refractivity contribution in [3.63, 3.8) is 0 Å². The van der Waals surface area contributed by atoms with Crippen LogP contribution in [0, 0.1) is 0 Å². The molecule has 2 heterocycles. The lowest BCUT2D eigenvalue weighted by molar-refractivity contribution is 0.102. The van der Waals surface area contributed by atoms with Gasteiger partial charge >= 0.3 is 0 Å². The highest BCUT2D eigenvalue weighted by molar-refractivity contribution is 7.89. The number of rotatable bonds is 7. The molecule has 0 radical (unpaired) electrons. The Bertz CT molecular complexity index is 1070. The van der Waals surface area contributed by atoms with Gasteiger partial charge in [0.15, 0.2) is 5.13 Å². The van der Waals surface area contributed by atoms with Crippen LogP contribution >= 0.6 is 34.3 Å². The van der Waals surface area contributed by atoms with Gasteiger partial charge in [-0.05, 0) is 36.4 Å². The van der Waals surface area contributed by atoms with Crippen LogP contribution in [0.1, 0.15) is 24.2 Å². The Balaban J connectivity index is 1.73. The van der Waals surface area contributed by atoms with Crippen molar-refractivity contribution in [1.82, 2.24) is 9.29 Å². The lowest BCUT2D eigenvalue weighted by Crippen LogP contribution is -2.30. The Labute approximate surface area is 176 Å². The number of sulfonamides is 1. The summed E-state index contributed by atoms with van der Waals surface area (Å²) in [5.74, 6) is -0.350. The molecule has 0 bridgehead atoms. The summed E-state index contributed by atoms with van der Waals surface area (Å²) in [5.41, 5.74) is 1.10. The summed E-state index contributed by atoms with van der Waals surface area (Å²) in [6.07, 6.45) is 0. The number of hydrogen-bond donors (Lipinski definition) is 1. The van der Waals surface area contributed by atoms with Crippen molar-refractivity contribution >= 4 is 55.3 Å². The van der Waals surface area contributed by atoms with E-state index in [1.165, 1.54) is 51.2 Å². The van der Waals surface area contributed by atoms with Gasteiger partial charge in [0.25, 0.3) is 5.91 Å². The van der Waals surface area contributed by atoms with E-state index in [4.69, 9.17) is 11.6 Å². The number of carbonyl (C=O) groups is 1. The third kappa shape index (κ3) is 4.44. The highest BCUT2D eigenvalue weighted by atomic mass is 35.5. The number of carbonyl (C=O) groups excluding carboxylic acids is 1. The molecule has 1 aromatic carbocycles. The third-order valence-electron chi connectivity index (χ3n) is 4.01. The Hall–Kier alpha value is -1.78. The first-order chi connectivity index (χ1) is 13.3. The molecule has 0 atom stereocenters. The third-order valence-corrected chi connectivity index (χ3v) is 8.09. The minimum atomic E-state index is -3.55. The summed E-state index contributed by atoms with van der Waals surface area (Å²) in [4.78, 5) is 17.9. The number of aromatic nitrogens is 1. The Morgan fingerprint density at radius 3 is 2.39 bits per heavy atom. The number of nitrogens with zero attached hydrogens (tertiary/aromatic N) is 2. The molecule has 0 saturated carbocycles. The summed E-state index contributed by atoms with van der Waals surface area (Å²) in [6, 6.07) is 9.57. The smallest absolute Gasteiger partial charge is 0.257 e. The van der Waals surface area contributed by atoms with Crippen molar-refractivity contribution < 1.29 is 13.2 Å². The van der Waals surface area contributed by atoms with Gasteiger partial charge in [-0.2, -0.15) is 4.31 Å². The number of nitrogens with one attached hydrogen (secondary N) is 1. The van der Waals surface area contributed by atoms with Crippen LogP contribution in [0.5, 0.6) is 0 Å². The van der Waals surface area contributed by atoms with E-state index in [1.54, 1.807) is 19.9 Å². The molecule has 0 fully saturated rings. The van der Waals surface area contributed by atoms with Crippen LogP contribution in [0.2, 0.25) is 4.34 Å². The number of thiophene rings is 1. The van der Waals surface area contributed by atoms with E-state index in [-0.39, 0.29) is 10.8 Å². The molecule has 0 aliphatic carbocycles. The first-order valence-corrected chi connectivity index (χ1v) is 12.0. The molecular weight excluding hydrogens is 438 g/mol. The van der Waals surface area contributed by atoms with Crippen LogP contribution in [0.15, 0.2) is 46.7 Å². The zero-order valence-electron chi connectivity index (χ0n) is 15.2. The fraction of sp³-hybridized carbons (Fsp3) is 0.222. The molecule has 6 nitrogen and oxygen atoms in total. The van der Waals surface area contributed by atoms with Crippen LogP contribution in [-0.2, 0) is 10.0 Å². The Morgan fingerprint density at radius 2 is 1.82 bits per heavy atom. The Kier molecular flexibility index (Phi) is 6.51.